The number of para-hydroxylation sites is 1. The van der Waals surface area contributed by atoms with Crippen molar-refractivity contribution in [1.82, 2.24) is 20.1 Å². The van der Waals surface area contributed by atoms with E-state index in [2.05, 4.69) is 15.2 Å². The lowest BCUT2D eigenvalue weighted by atomic mass is 9.81. The fourth-order valence-electron chi connectivity index (χ4n) is 5.22. The molecule has 2 aromatic rings. The summed E-state index contributed by atoms with van der Waals surface area (Å²) in [5.74, 6) is -4.53. The van der Waals surface area contributed by atoms with E-state index in [-0.39, 0.29) is 37.8 Å². The van der Waals surface area contributed by atoms with Crippen LogP contribution in [0.15, 0.2) is 54.3 Å². The van der Waals surface area contributed by atoms with Gasteiger partial charge < -0.3 is 15.2 Å². The van der Waals surface area contributed by atoms with Gasteiger partial charge in [-0.15, -0.1) is 0 Å². The number of benzene rings is 1. The summed E-state index contributed by atoms with van der Waals surface area (Å²) in [6, 6.07) is 6.39. The zero-order chi connectivity index (χ0) is 29.1. The summed E-state index contributed by atoms with van der Waals surface area (Å²) in [5, 5.41) is 3.63. The summed E-state index contributed by atoms with van der Waals surface area (Å²) in [4.78, 5) is 33.5. The molecule has 2 N–H and O–H groups in total. The average Bonchev–Trinajstić information content (AvgIpc) is 3.30. The van der Waals surface area contributed by atoms with Gasteiger partial charge in [-0.2, -0.15) is 26.3 Å². The Kier molecular flexibility index (Phi) is 9.09. The molecule has 12 heteroatoms. The number of halogens is 6. The number of allylic oxidation sites excluding steroid dienone is 4. The Morgan fingerprint density at radius 2 is 1.77 bits per heavy atom. The molecule has 1 aliphatic heterocycles. The first kappa shape index (κ1) is 29.9. The molecule has 1 saturated heterocycles. The van der Waals surface area contributed by atoms with Gasteiger partial charge in [0.1, 0.15) is 0 Å². The van der Waals surface area contributed by atoms with E-state index in [4.69, 9.17) is 0 Å². The van der Waals surface area contributed by atoms with Gasteiger partial charge in [0.2, 0.25) is 5.91 Å². The molecule has 2 unspecified atom stereocenters. The molecule has 0 radical (unpaired) electrons. The monoisotopic (exact) mass is 570 g/mol. The maximum absolute atomic E-state index is 13.7. The van der Waals surface area contributed by atoms with E-state index in [0.29, 0.717) is 19.2 Å². The first-order valence-corrected chi connectivity index (χ1v) is 13.1. The van der Waals surface area contributed by atoms with Gasteiger partial charge in [-0.05, 0) is 31.0 Å². The lowest BCUT2D eigenvalue weighted by molar-refractivity contribution is -0.172. The van der Waals surface area contributed by atoms with Crippen LogP contribution in [0, 0.1) is 11.8 Å². The zero-order valence-corrected chi connectivity index (χ0v) is 22.0. The van der Waals surface area contributed by atoms with Crippen LogP contribution in [0.5, 0.6) is 0 Å². The van der Waals surface area contributed by atoms with Crippen molar-refractivity contribution in [3.8, 4) is 0 Å². The average molecular weight is 571 g/mol. The van der Waals surface area contributed by atoms with E-state index in [0.717, 1.165) is 35.6 Å². The topological polar surface area (TPSA) is 68.4 Å². The number of aromatic amines is 1. The third-order valence-corrected chi connectivity index (χ3v) is 7.56. The van der Waals surface area contributed by atoms with Crippen LogP contribution in [-0.4, -0.2) is 84.6 Å². The smallest absolute Gasteiger partial charge is 0.361 e. The van der Waals surface area contributed by atoms with E-state index in [1.807, 2.05) is 36.2 Å². The normalized spacial score (nSPS) is 21.8. The number of piperazine rings is 1. The maximum atomic E-state index is 13.7. The minimum absolute atomic E-state index is 0.0814. The number of nitrogens with zero attached hydrogens (tertiary/aromatic N) is 2. The third-order valence-electron chi connectivity index (χ3n) is 7.56. The molecule has 1 aromatic heterocycles. The van der Waals surface area contributed by atoms with Crippen molar-refractivity contribution >= 4 is 22.6 Å². The maximum Gasteiger partial charge on any atom is 0.416 e. The molecule has 6 nitrogen and oxygen atoms in total. The van der Waals surface area contributed by atoms with Gasteiger partial charge in [0, 0.05) is 56.1 Å². The van der Waals surface area contributed by atoms with Gasteiger partial charge in [-0.3, -0.25) is 14.5 Å². The van der Waals surface area contributed by atoms with Crippen LogP contribution in [0.3, 0.4) is 0 Å². The number of hydrogen-bond donors (Lipinski definition) is 2. The number of fused-ring (bicyclic) bond motifs is 1. The Balaban J connectivity index is 1.47. The fraction of sp³-hybridized carbons (Fsp3) is 0.500. The number of amides is 1. The Morgan fingerprint density at radius 3 is 2.45 bits per heavy atom. The predicted octanol–water partition coefficient (Wildman–Crippen LogP) is 4.65. The molecule has 0 saturated carbocycles. The number of carbonyl (C=O) groups is 2. The SMILES string of the molecule is CN1CCN(CC(=O)N[C@@H](Cc2c[nH]c3ccccc23)C(=O)CCC2C=CC(C(F)(F)F)=CC2C(F)(F)F)CC1. The highest BCUT2D eigenvalue weighted by atomic mass is 19.4. The van der Waals surface area contributed by atoms with E-state index in [9.17, 15) is 35.9 Å². The van der Waals surface area contributed by atoms with Gasteiger partial charge in [-0.25, -0.2) is 0 Å². The lowest BCUT2D eigenvalue weighted by Crippen LogP contribution is -2.51. The van der Waals surface area contributed by atoms with E-state index in [1.165, 1.54) is 0 Å². The molecule has 0 bridgehead atoms. The third kappa shape index (κ3) is 7.54. The summed E-state index contributed by atoms with van der Waals surface area (Å²) < 4.78 is 80.1. The Hall–Kier alpha value is -3.12. The molecule has 0 spiro atoms. The van der Waals surface area contributed by atoms with Crippen molar-refractivity contribution in [2.45, 2.75) is 37.7 Å². The number of hydrogen-bond acceptors (Lipinski definition) is 4. The number of carbonyl (C=O) groups excluding carboxylic acids is 2. The summed E-state index contributed by atoms with van der Waals surface area (Å²) in [6.45, 7) is 3.05. The summed E-state index contributed by atoms with van der Waals surface area (Å²) in [5.41, 5.74) is 0.239. The van der Waals surface area contributed by atoms with Crippen molar-refractivity contribution in [3.05, 3.63) is 59.8 Å². The second kappa shape index (κ2) is 12.2. The Bertz CT molecular complexity index is 1260. The molecular weight excluding hydrogens is 538 g/mol. The molecule has 4 rings (SSSR count). The van der Waals surface area contributed by atoms with Gasteiger partial charge in [-0.1, -0.05) is 36.4 Å². The van der Waals surface area contributed by atoms with Gasteiger partial charge >= 0.3 is 12.4 Å². The summed E-state index contributed by atoms with van der Waals surface area (Å²) >= 11 is 0. The van der Waals surface area contributed by atoms with Crippen molar-refractivity contribution in [1.29, 1.82) is 0 Å². The molecular formula is C28H32F6N4O2. The molecule has 218 valence electrons. The van der Waals surface area contributed by atoms with Crippen molar-refractivity contribution in [2.75, 3.05) is 39.8 Å². The summed E-state index contributed by atoms with van der Waals surface area (Å²) in [6.07, 6.45) is -6.89. The zero-order valence-electron chi connectivity index (χ0n) is 22.0. The molecule has 2 heterocycles. The minimum Gasteiger partial charge on any atom is -0.361 e. The van der Waals surface area contributed by atoms with Crippen LogP contribution >= 0.6 is 0 Å². The number of nitrogens with one attached hydrogen (secondary N) is 2. The van der Waals surface area contributed by atoms with Gasteiger partial charge in [0.15, 0.2) is 5.78 Å². The van der Waals surface area contributed by atoms with E-state index in [1.54, 1.807) is 6.20 Å². The first-order chi connectivity index (χ1) is 18.8. The highest BCUT2D eigenvalue weighted by Crippen LogP contribution is 2.42. The van der Waals surface area contributed by atoms with Crippen LogP contribution in [0.4, 0.5) is 26.3 Å². The van der Waals surface area contributed by atoms with Gasteiger partial charge in [0.25, 0.3) is 0 Å². The Morgan fingerprint density at radius 1 is 1.07 bits per heavy atom. The van der Waals surface area contributed by atoms with Crippen LogP contribution in [0.25, 0.3) is 10.9 Å². The Labute approximate surface area is 228 Å². The molecule has 3 atom stereocenters. The highest BCUT2D eigenvalue weighted by Gasteiger charge is 2.46. The highest BCUT2D eigenvalue weighted by molar-refractivity contribution is 5.91. The van der Waals surface area contributed by atoms with E-state index >= 15 is 0 Å². The van der Waals surface area contributed by atoms with Crippen molar-refractivity contribution in [2.24, 2.45) is 11.8 Å². The van der Waals surface area contributed by atoms with Crippen LogP contribution in [-0.2, 0) is 16.0 Å². The number of rotatable bonds is 9. The van der Waals surface area contributed by atoms with Gasteiger partial charge in [0.05, 0.1) is 24.1 Å². The molecule has 1 aliphatic carbocycles. The predicted molar refractivity (Wildman–Crippen MR) is 138 cm³/mol. The van der Waals surface area contributed by atoms with E-state index < -0.39 is 41.6 Å². The molecule has 40 heavy (non-hydrogen) atoms. The number of H-pyrrole nitrogens is 1. The second-order valence-corrected chi connectivity index (χ2v) is 10.5. The number of aromatic nitrogens is 1. The first-order valence-electron chi connectivity index (χ1n) is 13.1. The number of ketones is 1. The largest absolute Gasteiger partial charge is 0.416 e. The quantitative estimate of drug-likeness (QED) is 0.431. The van der Waals surface area contributed by atoms with Crippen LogP contribution in [0.1, 0.15) is 18.4 Å². The standard InChI is InChI=1S/C28H32F6N4O2/c1-37-10-12-38(13-11-37)17-26(40)36-24(14-19-16-35-23-5-3-2-4-21(19)23)25(39)9-7-18-6-8-20(27(29,30)31)15-22(18)28(32,33)34/h2-6,8,15-16,18,22,24,35H,7,9-14,17H2,1H3,(H,36,40)/t18?,22?,24-/m0/s1. The molecule has 2 aliphatic rings. The lowest BCUT2D eigenvalue weighted by Gasteiger charge is -2.32. The number of likely N-dealkylation sites (N-methyl/N-ethyl adjacent to an activating group) is 1. The number of Topliss-reactive ketones (excluding diaryl/α,β-unsaturated/α-hetero) is 1. The molecule has 1 amide bonds. The summed E-state index contributed by atoms with van der Waals surface area (Å²) in [7, 11) is 1.98. The number of alkyl halides is 6. The minimum atomic E-state index is -4.91. The molecule has 1 aromatic carbocycles. The van der Waals surface area contributed by atoms with Crippen LogP contribution in [0.2, 0.25) is 0 Å². The van der Waals surface area contributed by atoms with Crippen molar-refractivity contribution in [3.63, 3.8) is 0 Å². The van der Waals surface area contributed by atoms with Crippen LogP contribution < -0.4 is 5.32 Å². The molecule has 1 fully saturated rings. The van der Waals surface area contributed by atoms with Crippen molar-refractivity contribution < 1.29 is 35.9 Å². The fourth-order valence-corrected chi connectivity index (χ4v) is 5.22. The second-order valence-electron chi connectivity index (χ2n) is 10.5.